The predicted molar refractivity (Wildman–Crippen MR) is 303 cm³/mol. The summed E-state index contributed by atoms with van der Waals surface area (Å²) < 4.78 is 11.8. The van der Waals surface area contributed by atoms with Gasteiger partial charge in [-0.2, -0.15) is 0 Å². The molecule has 0 fully saturated rings. The molecule has 0 saturated carbocycles. The zero-order chi connectivity index (χ0) is 47.7. The van der Waals surface area contributed by atoms with Gasteiger partial charge in [-0.3, -0.25) is 5.41 Å². The summed E-state index contributed by atoms with van der Waals surface area (Å²) in [7, 11) is 0. The lowest BCUT2D eigenvalue weighted by molar-refractivity contribution is 0.590. The van der Waals surface area contributed by atoms with Crippen LogP contribution in [0.25, 0.3) is 76.6 Å². The van der Waals surface area contributed by atoms with Gasteiger partial charge in [-0.1, -0.05) is 191 Å². The summed E-state index contributed by atoms with van der Waals surface area (Å²) in [5.41, 5.74) is 12.4. The van der Waals surface area contributed by atoms with Gasteiger partial charge in [0.2, 0.25) is 0 Å². The largest absolute Gasteiger partial charge is 0.455 e. The minimum absolute atomic E-state index is 0.0289. The van der Waals surface area contributed by atoms with Gasteiger partial charge in [0.05, 0.1) is 5.71 Å². The highest BCUT2D eigenvalue weighted by atomic mass is 32.1. The standard InChI is InChI=1S/C62H66N2OS3/c1-9-11-13-17-27-41-36-52(48-34-33-47(55(63)56(48)64-66)51-37-43(28-18-14-12-10-2)60(68-51)62(6,7)8)67-59(41)42-29-31-45-46-32-30-44(61(3,4)5)38-50(46)58-54(49(45)35-42)53(39-23-19-15-20-24-39)57(65-58)40-25-21-16-22-26-40/h15-16,19-26,29-38,63,66H,9-14,17-18,27-28H2,1-8H3/b63-55?,64-56-. The Morgan fingerprint density at radius 1 is 0.574 bits per heavy atom. The first-order chi connectivity index (χ1) is 32.8. The Morgan fingerprint density at radius 3 is 1.82 bits per heavy atom. The second-order valence-corrected chi connectivity index (χ2v) is 23.1. The molecule has 0 unspecified atom stereocenters. The van der Waals surface area contributed by atoms with E-state index in [9.17, 15) is 5.41 Å². The normalized spacial score (nSPS) is 14.2. The molecule has 0 amide bonds. The van der Waals surface area contributed by atoms with Gasteiger partial charge in [-0.15, -0.1) is 22.7 Å². The van der Waals surface area contributed by atoms with Crippen molar-refractivity contribution in [2.24, 2.45) is 4.40 Å². The van der Waals surface area contributed by atoms with E-state index in [0.717, 1.165) is 79.0 Å². The van der Waals surface area contributed by atoms with Crippen LogP contribution in [0.3, 0.4) is 0 Å². The molecule has 0 bridgehead atoms. The van der Waals surface area contributed by atoms with Crippen LogP contribution in [0.5, 0.6) is 0 Å². The predicted octanol–water partition coefficient (Wildman–Crippen LogP) is 19.5. The highest BCUT2D eigenvalue weighted by Crippen LogP contribution is 2.50. The fourth-order valence-electron chi connectivity index (χ4n) is 10.1. The van der Waals surface area contributed by atoms with E-state index in [1.807, 2.05) is 22.7 Å². The molecule has 3 aromatic heterocycles. The molecular weight excluding hydrogens is 885 g/mol. The first kappa shape index (κ1) is 47.8. The van der Waals surface area contributed by atoms with Gasteiger partial charge >= 0.3 is 0 Å². The van der Waals surface area contributed by atoms with Crippen molar-refractivity contribution in [2.45, 2.75) is 130 Å². The van der Waals surface area contributed by atoms with E-state index in [0.29, 0.717) is 11.4 Å². The van der Waals surface area contributed by atoms with E-state index in [1.54, 1.807) is 0 Å². The molecule has 68 heavy (non-hydrogen) atoms. The van der Waals surface area contributed by atoms with Gasteiger partial charge in [0, 0.05) is 52.6 Å². The third-order valence-electron chi connectivity index (χ3n) is 13.7. The summed E-state index contributed by atoms with van der Waals surface area (Å²) >= 11 is 8.24. The summed E-state index contributed by atoms with van der Waals surface area (Å²) in [6, 6.07) is 40.2. The number of thiophene rings is 2. The molecule has 5 aromatic carbocycles. The van der Waals surface area contributed by atoms with Crippen LogP contribution in [0.4, 0.5) is 0 Å². The Balaban J connectivity index is 1.23. The maximum Gasteiger partial charge on any atom is 0.143 e. The molecule has 3 nitrogen and oxygen atoms in total. The van der Waals surface area contributed by atoms with E-state index < -0.39 is 0 Å². The molecule has 1 aliphatic carbocycles. The van der Waals surface area contributed by atoms with Crippen LogP contribution in [0.15, 0.2) is 130 Å². The van der Waals surface area contributed by atoms with Crippen LogP contribution >= 0.6 is 35.5 Å². The molecule has 9 rings (SSSR count). The summed E-state index contributed by atoms with van der Waals surface area (Å²) in [5, 5.41) is 15.6. The molecular formula is C62H66N2OS3. The summed E-state index contributed by atoms with van der Waals surface area (Å²) in [6.07, 6.45) is 16.1. The van der Waals surface area contributed by atoms with Gasteiger partial charge in [-0.25, -0.2) is 4.40 Å². The van der Waals surface area contributed by atoms with E-state index >= 15 is 0 Å². The van der Waals surface area contributed by atoms with Gasteiger partial charge < -0.3 is 4.42 Å². The first-order valence-corrected chi connectivity index (χ1v) is 26.9. The number of furan rings is 1. The van der Waals surface area contributed by atoms with E-state index in [-0.39, 0.29) is 10.8 Å². The second kappa shape index (κ2) is 20.0. The van der Waals surface area contributed by atoms with E-state index in [4.69, 9.17) is 4.42 Å². The molecule has 6 heteroatoms. The van der Waals surface area contributed by atoms with E-state index in [1.165, 1.54) is 93.1 Å². The lowest BCUT2D eigenvalue weighted by Crippen LogP contribution is -2.18. The van der Waals surface area contributed by atoms with Gasteiger partial charge in [-0.05, 0) is 118 Å². The van der Waals surface area contributed by atoms with Crippen molar-refractivity contribution < 1.29 is 4.42 Å². The smallest absolute Gasteiger partial charge is 0.143 e. The highest BCUT2D eigenvalue weighted by molar-refractivity contribution is 7.79. The fourth-order valence-corrected chi connectivity index (χ4v) is 12.8. The SMILES string of the molecule is CCCCCCc1cc(C2=CC=C(c3cc(CCCCCC)c(C(C)(C)C)s3)C(=N)/C2=N\S)sc1-c1ccc2c3ccc(C(C)(C)C)cc3c3oc(-c4ccccc4)c(-c4ccccc4)c3c2c1. The third-order valence-corrected chi connectivity index (χ3v) is 16.8. The molecule has 0 aliphatic heterocycles. The van der Waals surface area contributed by atoms with Gasteiger partial charge in [0.1, 0.15) is 17.1 Å². The Kier molecular flexibility index (Phi) is 14.0. The molecule has 1 N–H and O–H groups in total. The number of aryl methyl sites for hydroxylation is 2. The Morgan fingerprint density at radius 2 is 1.18 bits per heavy atom. The van der Waals surface area contributed by atoms with Crippen molar-refractivity contribution in [1.82, 2.24) is 0 Å². The topological polar surface area (TPSA) is 49.4 Å². The Hall–Kier alpha value is -5.27. The number of fused-ring (bicyclic) bond motifs is 6. The zero-order valence-electron chi connectivity index (χ0n) is 41.2. The van der Waals surface area contributed by atoms with Crippen molar-refractivity contribution in [3.05, 3.63) is 153 Å². The number of benzene rings is 5. The number of hydrogen-bond acceptors (Lipinski definition) is 6. The molecule has 0 spiro atoms. The quantitative estimate of drug-likeness (QED) is 0.0457. The van der Waals surface area contributed by atoms with Crippen molar-refractivity contribution in [2.75, 3.05) is 0 Å². The number of rotatable bonds is 15. The molecule has 3 heterocycles. The summed E-state index contributed by atoms with van der Waals surface area (Å²) in [5.74, 6) is 0.889. The fraction of sp³-hybridized carbons (Fsp3) is 0.323. The highest BCUT2D eigenvalue weighted by Gasteiger charge is 2.30. The lowest BCUT2D eigenvalue weighted by Gasteiger charge is -2.20. The molecule has 8 aromatic rings. The van der Waals surface area contributed by atoms with Gasteiger partial charge in [0.25, 0.3) is 0 Å². The van der Waals surface area contributed by atoms with Gasteiger partial charge in [0.15, 0.2) is 0 Å². The van der Waals surface area contributed by atoms with E-state index in [2.05, 4.69) is 194 Å². The van der Waals surface area contributed by atoms with Crippen LogP contribution in [0.1, 0.15) is 138 Å². The average molecular weight is 951 g/mol. The molecule has 0 saturated heterocycles. The number of thiol groups is 1. The van der Waals surface area contributed by atoms with Crippen molar-refractivity contribution >= 4 is 90.6 Å². The zero-order valence-corrected chi connectivity index (χ0v) is 43.8. The second-order valence-electron chi connectivity index (χ2n) is 20.8. The van der Waals surface area contributed by atoms with Crippen LogP contribution in [-0.2, 0) is 23.7 Å². The summed E-state index contributed by atoms with van der Waals surface area (Å²) in [4.78, 5) is 4.96. The molecule has 348 valence electrons. The number of unbranched alkanes of at least 4 members (excludes halogenated alkanes) is 6. The van der Waals surface area contributed by atoms with Crippen LogP contribution in [0.2, 0.25) is 0 Å². The van der Waals surface area contributed by atoms with Crippen LogP contribution in [-0.4, -0.2) is 11.4 Å². The number of allylic oxidation sites excluding steroid dienone is 4. The summed E-state index contributed by atoms with van der Waals surface area (Å²) in [6.45, 7) is 18.3. The number of hydrogen-bond donors (Lipinski definition) is 2. The maximum absolute atomic E-state index is 9.68. The Labute approximate surface area is 418 Å². The van der Waals surface area contributed by atoms with Crippen LogP contribution < -0.4 is 0 Å². The van der Waals surface area contributed by atoms with Crippen molar-refractivity contribution in [1.29, 1.82) is 5.41 Å². The molecule has 1 aliphatic rings. The Bertz CT molecular complexity index is 3230. The lowest BCUT2D eigenvalue weighted by atomic mass is 9.84. The number of nitrogens with one attached hydrogen (secondary N) is 1. The first-order valence-electron chi connectivity index (χ1n) is 24.9. The van der Waals surface area contributed by atoms with Crippen molar-refractivity contribution in [3.8, 4) is 32.9 Å². The van der Waals surface area contributed by atoms with Crippen molar-refractivity contribution in [3.63, 3.8) is 0 Å². The molecule has 0 radical (unpaired) electrons. The third kappa shape index (κ3) is 9.41. The number of nitrogens with zero attached hydrogens (tertiary/aromatic N) is 1. The minimum atomic E-state index is -0.0289. The maximum atomic E-state index is 9.68. The van der Waals surface area contributed by atoms with Crippen LogP contribution in [0, 0.1) is 5.41 Å². The monoisotopic (exact) mass is 950 g/mol. The molecule has 0 atom stereocenters. The average Bonchev–Trinajstić information content (AvgIpc) is 4.08. The minimum Gasteiger partial charge on any atom is -0.455 e.